The van der Waals surface area contributed by atoms with Crippen LogP contribution in [0.15, 0.2) is 24.4 Å². The molecule has 3 nitrogen and oxygen atoms in total. The molecule has 1 aromatic heterocycles. The largest absolute Gasteiger partial charge is 0.308 e. The number of rotatable bonds is 4. The molecular weight excluding hydrogens is 258 g/mol. The molecule has 0 radical (unpaired) electrons. The molecule has 0 spiro atoms. The van der Waals surface area contributed by atoms with Crippen LogP contribution in [0.25, 0.3) is 0 Å². The Morgan fingerprint density at radius 1 is 1.10 bits per heavy atom. The van der Waals surface area contributed by atoms with Gasteiger partial charge in [-0.1, -0.05) is 23.8 Å². The van der Waals surface area contributed by atoms with Gasteiger partial charge in [0.1, 0.15) is 0 Å². The fourth-order valence-electron chi connectivity index (χ4n) is 2.32. The number of hydrogen-bond acceptors (Lipinski definition) is 2. The molecule has 2 rings (SSSR count). The first kappa shape index (κ1) is 15.8. The van der Waals surface area contributed by atoms with Crippen molar-refractivity contribution in [2.45, 2.75) is 60.2 Å². The van der Waals surface area contributed by atoms with Crippen LogP contribution in [0.2, 0.25) is 0 Å². The molecule has 0 amide bonds. The summed E-state index contributed by atoms with van der Waals surface area (Å²) >= 11 is 0. The van der Waals surface area contributed by atoms with Gasteiger partial charge in [0.05, 0.1) is 12.2 Å². The number of nitrogens with one attached hydrogen (secondary N) is 1. The van der Waals surface area contributed by atoms with E-state index in [0.717, 1.165) is 18.8 Å². The fourth-order valence-corrected chi connectivity index (χ4v) is 2.32. The zero-order chi connectivity index (χ0) is 15.6. The van der Waals surface area contributed by atoms with Crippen LogP contribution >= 0.6 is 0 Å². The van der Waals surface area contributed by atoms with E-state index in [9.17, 15) is 0 Å². The van der Waals surface area contributed by atoms with E-state index in [1.807, 2.05) is 0 Å². The van der Waals surface area contributed by atoms with Crippen LogP contribution < -0.4 is 5.32 Å². The number of benzene rings is 1. The summed E-state index contributed by atoms with van der Waals surface area (Å²) in [7, 11) is 0. The molecule has 0 aliphatic heterocycles. The molecule has 0 atom stereocenters. The molecule has 0 bridgehead atoms. The van der Waals surface area contributed by atoms with Crippen LogP contribution in [0.4, 0.5) is 0 Å². The van der Waals surface area contributed by atoms with Gasteiger partial charge >= 0.3 is 0 Å². The summed E-state index contributed by atoms with van der Waals surface area (Å²) in [6.45, 7) is 14.6. The molecule has 1 heterocycles. The van der Waals surface area contributed by atoms with Crippen molar-refractivity contribution in [2.24, 2.45) is 0 Å². The molecule has 2 aromatic rings. The lowest BCUT2D eigenvalue weighted by atomic mass is 10.1. The van der Waals surface area contributed by atoms with Crippen LogP contribution in [0.5, 0.6) is 0 Å². The minimum atomic E-state index is 0.127. The highest BCUT2D eigenvalue weighted by molar-refractivity contribution is 5.30. The van der Waals surface area contributed by atoms with E-state index in [1.54, 1.807) is 0 Å². The second-order valence-electron chi connectivity index (χ2n) is 6.97. The fraction of sp³-hybridized carbons (Fsp3) is 0.500. The van der Waals surface area contributed by atoms with Crippen molar-refractivity contribution in [3.05, 3.63) is 52.3 Å². The number of hydrogen-bond donors (Lipinski definition) is 1. The normalized spacial score (nSPS) is 11.9. The van der Waals surface area contributed by atoms with Gasteiger partial charge in [-0.3, -0.25) is 4.68 Å². The van der Waals surface area contributed by atoms with Crippen molar-refractivity contribution in [3.63, 3.8) is 0 Å². The van der Waals surface area contributed by atoms with Crippen LogP contribution in [-0.4, -0.2) is 15.3 Å². The van der Waals surface area contributed by atoms with Crippen molar-refractivity contribution < 1.29 is 0 Å². The van der Waals surface area contributed by atoms with E-state index in [2.05, 4.69) is 81.0 Å². The zero-order valence-electron chi connectivity index (χ0n) is 14.1. The summed E-state index contributed by atoms with van der Waals surface area (Å²) in [5, 5.41) is 8.18. The molecule has 0 saturated carbocycles. The van der Waals surface area contributed by atoms with Gasteiger partial charge in [-0.15, -0.1) is 0 Å². The lowest BCUT2D eigenvalue weighted by molar-refractivity contribution is 0.423. The monoisotopic (exact) mass is 285 g/mol. The minimum absolute atomic E-state index is 0.127. The molecule has 114 valence electrons. The first-order valence-electron chi connectivity index (χ1n) is 7.59. The van der Waals surface area contributed by atoms with E-state index in [-0.39, 0.29) is 5.54 Å². The van der Waals surface area contributed by atoms with Gasteiger partial charge in [0.2, 0.25) is 0 Å². The predicted molar refractivity (Wildman–Crippen MR) is 88.6 cm³/mol. The van der Waals surface area contributed by atoms with E-state index >= 15 is 0 Å². The van der Waals surface area contributed by atoms with Crippen LogP contribution in [0, 0.1) is 20.8 Å². The van der Waals surface area contributed by atoms with Gasteiger partial charge in [0.25, 0.3) is 0 Å². The maximum absolute atomic E-state index is 4.65. The zero-order valence-corrected chi connectivity index (χ0v) is 14.1. The summed E-state index contributed by atoms with van der Waals surface area (Å²) < 4.78 is 2.05. The van der Waals surface area contributed by atoms with Crippen molar-refractivity contribution in [1.82, 2.24) is 15.1 Å². The lowest BCUT2D eigenvalue weighted by Crippen LogP contribution is -2.35. The molecular formula is C18H27N3. The van der Waals surface area contributed by atoms with E-state index < -0.39 is 0 Å². The average Bonchev–Trinajstić information content (AvgIpc) is 2.71. The van der Waals surface area contributed by atoms with Crippen LogP contribution in [0.3, 0.4) is 0 Å². The molecule has 0 aliphatic rings. The second kappa shape index (κ2) is 6.02. The number of nitrogens with zero attached hydrogens (tertiary/aromatic N) is 2. The van der Waals surface area contributed by atoms with Gasteiger partial charge in [0, 0.05) is 23.8 Å². The topological polar surface area (TPSA) is 29.9 Å². The van der Waals surface area contributed by atoms with Gasteiger partial charge in [-0.05, 0) is 52.7 Å². The number of aryl methyl sites for hydroxylation is 3. The van der Waals surface area contributed by atoms with Gasteiger partial charge in [-0.25, -0.2) is 0 Å². The van der Waals surface area contributed by atoms with Crippen molar-refractivity contribution in [3.8, 4) is 0 Å². The first-order valence-corrected chi connectivity index (χ1v) is 7.59. The maximum Gasteiger partial charge on any atom is 0.0662 e. The Kier molecular flexibility index (Phi) is 4.52. The Morgan fingerprint density at radius 2 is 1.81 bits per heavy atom. The quantitative estimate of drug-likeness (QED) is 0.927. The number of aromatic nitrogens is 2. The highest BCUT2D eigenvalue weighted by atomic mass is 15.3. The molecule has 0 saturated heterocycles. The van der Waals surface area contributed by atoms with Gasteiger partial charge in [-0.2, -0.15) is 5.10 Å². The van der Waals surface area contributed by atoms with E-state index in [4.69, 9.17) is 0 Å². The Balaban J connectivity index is 2.13. The minimum Gasteiger partial charge on any atom is -0.308 e. The molecule has 0 fully saturated rings. The predicted octanol–water partition coefficient (Wildman–Crippen LogP) is 3.74. The lowest BCUT2D eigenvalue weighted by Gasteiger charge is -2.20. The maximum atomic E-state index is 4.65. The van der Waals surface area contributed by atoms with Crippen molar-refractivity contribution in [2.75, 3.05) is 0 Å². The third-order valence-electron chi connectivity index (χ3n) is 3.69. The molecule has 0 aliphatic carbocycles. The SMILES string of the molecule is Cc1ccc(C)c(Cn2cc(CNC(C)(C)C)c(C)n2)c1. The summed E-state index contributed by atoms with van der Waals surface area (Å²) in [6, 6.07) is 6.59. The Hall–Kier alpha value is -1.61. The van der Waals surface area contributed by atoms with E-state index in [0.29, 0.717) is 0 Å². The highest BCUT2D eigenvalue weighted by Crippen LogP contribution is 2.14. The Morgan fingerprint density at radius 3 is 2.48 bits per heavy atom. The standard InChI is InChI=1S/C18H27N3/c1-13-7-8-14(2)16(9-13)11-21-12-17(15(3)20-21)10-19-18(4,5)6/h7-9,12,19H,10-11H2,1-6H3. The Labute approximate surface area is 128 Å². The van der Waals surface area contributed by atoms with Gasteiger partial charge < -0.3 is 5.32 Å². The summed E-state index contributed by atoms with van der Waals surface area (Å²) in [5.41, 5.74) is 6.47. The van der Waals surface area contributed by atoms with Gasteiger partial charge in [0.15, 0.2) is 0 Å². The Bertz CT molecular complexity index is 618. The van der Waals surface area contributed by atoms with Crippen molar-refractivity contribution in [1.29, 1.82) is 0 Å². The average molecular weight is 285 g/mol. The summed E-state index contributed by atoms with van der Waals surface area (Å²) in [4.78, 5) is 0. The highest BCUT2D eigenvalue weighted by Gasteiger charge is 2.12. The third-order valence-corrected chi connectivity index (χ3v) is 3.69. The molecule has 1 N–H and O–H groups in total. The molecule has 21 heavy (non-hydrogen) atoms. The summed E-state index contributed by atoms with van der Waals surface area (Å²) in [6.07, 6.45) is 2.16. The third kappa shape index (κ3) is 4.43. The first-order chi connectivity index (χ1) is 9.74. The molecule has 3 heteroatoms. The molecule has 0 unspecified atom stereocenters. The molecule has 1 aromatic carbocycles. The second-order valence-corrected chi connectivity index (χ2v) is 6.97. The smallest absolute Gasteiger partial charge is 0.0662 e. The van der Waals surface area contributed by atoms with Crippen LogP contribution in [0.1, 0.15) is 48.7 Å². The van der Waals surface area contributed by atoms with Crippen LogP contribution in [-0.2, 0) is 13.1 Å². The van der Waals surface area contributed by atoms with Crippen molar-refractivity contribution >= 4 is 0 Å². The van der Waals surface area contributed by atoms with E-state index in [1.165, 1.54) is 22.3 Å². The summed E-state index contributed by atoms with van der Waals surface area (Å²) in [5.74, 6) is 0.